The monoisotopic (exact) mass is 317 g/mol. The number of halogens is 1. The lowest BCUT2D eigenvalue weighted by molar-refractivity contribution is 0.199. The third kappa shape index (κ3) is 3.09. The number of hydrogen-bond acceptors (Lipinski definition) is 3. The SMILES string of the molecule is CC(O)c1ccc(N2CCS(=O)CC2)c(Br)c1. The van der Waals surface area contributed by atoms with Gasteiger partial charge in [-0.3, -0.25) is 4.21 Å². The van der Waals surface area contributed by atoms with Crippen LogP contribution in [0.25, 0.3) is 0 Å². The summed E-state index contributed by atoms with van der Waals surface area (Å²) in [4.78, 5) is 2.23. The third-order valence-electron chi connectivity index (χ3n) is 2.97. The molecule has 1 N–H and O–H groups in total. The van der Waals surface area contributed by atoms with Gasteiger partial charge in [-0.25, -0.2) is 0 Å². The fraction of sp³-hybridized carbons (Fsp3) is 0.500. The molecule has 0 saturated carbocycles. The van der Waals surface area contributed by atoms with Crippen molar-refractivity contribution in [3.8, 4) is 0 Å². The zero-order valence-electron chi connectivity index (χ0n) is 9.73. The molecule has 0 aliphatic carbocycles. The van der Waals surface area contributed by atoms with Crippen LogP contribution >= 0.6 is 15.9 Å². The molecular weight excluding hydrogens is 302 g/mol. The van der Waals surface area contributed by atoms with E-state index in [1.165, 1.54) is 0 Å². The summed E-state index contributed by atoms with van der Waals surface area (Å²) >= 11 is 3.54. The Kier molecular flexibility index (Phi) is 4.22. The molecule has 2 rings (SSSR count). The van der Waals surface area contributed by atoms with Crippen LogP contribution in [0.1, 0.15) is 18.6 Å². The highest BCUT2D eigenvalue weighted by Gasteiger charge is 2.17. The molecule has 0 radical (unpaired) electrons. The van der Waals surface area contributed by atoms with E-state index < -0.39 is 16.9 Å². The van der Waals surface area contributed by atoms with Crippen LogP contribution in [-0.2, 0) is 10.8 Å². The van der Waals surface area contributed by atoms with E-state index in [0.717, 1.165) is 40.3 Å². The van der Waals surface area contributed by atoms with E-state index >= 15 is 0 Å². The fourth-order valence-corrected chi connectivity index (χ4v) is 3.62. The lowest BCUT2D eigenvalue weighted by atomic mass is 10.1. The van der Waals surface area contributed by atoms with Crippen LogP contribution in [0.2, 0.25) is 0 Å². The van der Waals surface area contributed by atoms with Crippen molar-refractivity contribution in [1.29, 1.82) is 0 Å². The summed E-state index contributed by atoms with van der Waals surface area (Å²) in [6.45, 7) is 3.42. The average molecular weight is 318 g/mol. The van der Waals surface area contributed by atoms with E-state index in [1.54, 1.807) is 6.92 Å². The van der Waals surface area contributed by atoms with Crippen LogP contribution in [-0.4, -0.2) is 33.9 Å². The topological polar surface area (TPSA) is 40.5 Å². The van der Waals surface area contributed by atoms with Crippen molar-refractivity contribution < 1.29 is 9.32 Å². The number of hydrogen-bond donors (Lipinski definition) is 1. The van der Waals surface area contributed by atoms with E-state index in [0.29, 0.717) is 0 Å². The second-order valence-electron chi connectivity index (χ2n) is 4.22. The van der Waals surface area contributed by atoms with Gasteiger partial charge in [0.2, 0.25) is 0 Å². The molecule has 0 aromatic heterocycles. The smallest absolute Gasteiger partial charge is 0.0762 e. The Morgan fingerprint density at radius 2 is 2.06 bits per heavy atom. The minimum absolute atomic E-state index is 0.450. The molecule has 1 saturated heterocycles. The zero-order chi connectivity index (χ0) is 12.4. The molecular formula is C12H16BrNO2S. The van der Waals surface area contributed by atoms with E-state index in [2.05, 4.69) is 20.8 Å². The highest BCUT2D eigenvalue weighted by molar-refractivity contribution is 9.10. The lowest BCUT2D eigenvalue weighted by Gasteiger charge is -2.29. The van der Waals surface area contributed by atoms with Gasteiger partial charge in [0.25, 0.3) is 0 Å². The first-order valence-electron chi connectivity index (χ1n) is 5.65. The second-order valence-corrected chi connectivity index (χ2v) is 6.77. The zero-order valence-corrected chi connectivity index (χ0v) is 12.1. The normalized spacial score (nSPS) is 19.4. The summed E-state index contributed by atoms with van der Waals surface area (Å²) in [5.74, 6) is 1.48. The second kappa shape index (κ2) is 5.50. The van der Waals surface area contributed by atoms with Gasteiger partial charge in [0.1, 0.15) is 0 Å². The lowest BCUT2D eigenvalue weighted by Crippen LogP contribution is -2.37. The molecule has 5 heteroatoms. The predicted octanol–water partition coefficient (Wildman–Crippen LogP) is 2.07. The summed E-state index contributed by atoms with van der Waals surface area (Å²) in [5.41, 5.74) is 2.02. The minimum Gasteiger partial charge on any atom is -0.389 e. The number of aliphatic hydroxyl groups excluding tert-OH is 1. The number of anilines is 1. The molecule has 1 aliphatic heterocycles. The molecule has 1 fully saturated rings. The van der Waals surface area contributed by atoms with Crippen molar-refractivity contribution >= 4 is 32.4 Å². The molecule has 94 valence electrons. The maximum atomic E-state index is 11.3. The van der Waals surface area contributed by atoms with Crippen molar-refractivity contribution in [1.82, 2.24) is 0 Å². The fourth-order valence-electron chi connectivity index (χ4n) is 1.92. The first-order chi connectivity index (χ1) is 8.08. The van der Waals surface area contributed by atoms with Crippen LogP contribution in [0, 0.1) is 0 Å². The average Bonchev–Trinajstić information content (AvgIpc) is 2.30. The summed E-state index contributed by atoms with van der Waals surface area (Å²) in [7, 11) is -0.650. The van der Waals surface area contributed by atoms with Gasteiger partial charge in [0.05, 0.1) is 11.8 Å². The number of nitrogens with zero attached hydrogens (tertiary/aromatic N) is 1. The molecule has 17 heavy (non-hydrogen) atoms. The van der Waals surface area contributed by atoms with Crippen LogP contribution < -0.4 is 4.90 Å². The molecule has 1 aromatic carbocycles. The van der Waals surface area contributed by atoms with Gasteiger partial charge in [-0.2, -0.15) is 0 Å². The maximum absolute atomic E-state index is 11.3. The number of aliphatic hydroxyl groups is 1. The third-order valence-corrected chi connectivity index (χ3v) is 4.88. The summed E-state index contributed by atoms with van der Waals surface area (Å²) < 4.78 is 12.3. The van der Waals surface area contributed by atoms with Crippen molar-refractivity contribution in [2.75, 3.05) is 29.5 Å². The van der Waals surface area contributed by atoms with Crippen LogP contribution in [0.5, 0.6) is 0 Å². The summed E-state index contributed by atoms with van der Waals surface area (Å²) in [6.07, 6.45) is -0.450. The van der Waals surface area contributed by atoms with E-state index in [4.69, 9.17) is 0 Å². The Morgan fingerprint density at radius 1 is 1.41 bits per heavy atom. The minimum atomic E-state index is -0.650. The molecule has 1 heterocycles. The molecule has 0 amide bonds. The van der Waals surface area contributed by atoms with Gasteiger partial charge in [-0.05, 0) is 40.5 Å². The Hall–Kier alpha value is -0.390. The summed E-state index contributed by atoms with van der Waals surface area (Å²) in [6, 6.07) is 5.91. The van der Waals surface area contributed by atoms with Gasteiger partial charge in [0, 0.05) is 39.9 Å². The molecule has 3 nitrogen and oxygen atoms in total. The molecule has 1 aromatic rings. The number of benzene rings is 1. The van der Waals surface area contributed by atoms with Gasteiger partial charge in [-0.15, -0.1) is 0 Å². The first-order valence-corrected chi connectivity index (χ1v) is 7.93. The Bertz CT molecular complexity index is 427. The van der Waals surface area contributed by atoms with E-state index in [-0.39, 0.29) is 0 Å². The van der Waals surface area contributed by atoms with Crippen molar-refractivity contribution in [3.63, 3.8) is 0 Å². The Morgan fingerprint density at radius 3 is 2.59 bits per heavy atom. The molecule has 1 aliphatic rings. The number of rotatable bonds is 2. The Labute approximate surface area is 112 Å². The standard InChI is InChI=1S/C12H16BrNO2S/c1-9(15)10-2-3-12(11(13)8-10)14-4-6-17(16)7-5-14/h2-3,8-9,15H,4-7H2,1H3. The Balaban J connectivity index is 2.19. The molecule has 1 unspecified atom stereocenters. The van der Waals surface area contributed by atoms with E-state index in [1.807, 2.05) is 18.2 Å². The molecule has 0 spiro atoms. The molecule has 0 bridgehead atoms. The van der Waals surface area contributed by atoms with Crippen LogP contribution in [0.15, 0.2) is 22.7 Å². The van der Waals surface area contributed by atoms with Crippen LogP contribution in [0.3, 0.4) is 0 Å². The van der Waals surface area contributed by atoms with Gasteiger partial charge < -0.3 is 10.0 Å². The van der Waals surface area contributed by atoms with Gasteiger partial charge in [-0.1, -0.05) is 6.07 Å². The van der Waals surface area contributed by atoms with Gasteiger partial charge in [0.15, 0.2) is 0 Å². The summed E-state index contributed by atoms with van der Waals surface area (Å²) in [5, 5.41) is 9.51. The van der Waals surface area contributed by atoms with Gasteiger partial charge >= 0.3 is 0 Å². The van der Waals surface area contributed by atoms with Crippen molar-refractivity contribution in [3.05, 3.63) is 28.2 Å². The van der Waals surface area contributed by atoms with Crippen molar-refractivity contribution in [2.24, 2.45) is 0 Å². The highest BCUT2D eigenvalue weighted by Crippen LogP contribution is 2.30. The van der Waals surface area contributed by atoms with Crippen molar-refractivity contribution in [2.45, 2.75) is 13.0 Å². The van der Waals surface area contributed by atoms with E-state index in [9.17, 15) is 9.32 Å². The molecule has 1 atom stereocenters. The predicted molar refractivity (Wildman–Crippen MR) is 74.9 cm³/mol. The maximum Gasteiger partial charge on any atom is 0.0762 e. The quantitative estimate of drug-likeness (QED) is 0.907. The largest absolute Gasteiger partial charge is 0.389 e. The first kappa shape index (κ1) is 13.1. The highest BCUT2D eigenvalue weighted by atomic mass is 79.9. The van der Waals surface area contributed by atoms with Crippen LogP contribution in [0.4, 0.5) is 5.69 Å².